The Kier molecular flexibility index (Phi) is 8.70. The molecule has 1 aliphatic rings. The normalized spacial score (nSPS) is 14.2. The van der Waals surface area contributed by atoms with Crippen LogP contribution < -0.4 is 9.47 Å². The average Bonchev–Trinajstić information content (AvgIpc) is 3.49. The number of carbonyl (C=O) groups is 3. The largest absolute Gasteiger partial charge is 0.490 e. The van der Waals surface area contributed by atoms with Crippen LogP contribution in [0.15, 0.2) is 76.6 Å². The van der Waals surface area contributed by atoms with Crippen molar-refractivity contribution < 1.29 is 33.0 Å². The fourth-order valence-corrected chi connectivity index (χ4v) is 4.69. The van der Waals surface area contributed by atoms with Crippen molar-refractivity contribution in [3.05, 3.63) is 100 Å². The molecule has 3 aromatic rings. The zero-order valence-electron chi connectivity index (χ0n) is 21.1. The Morgan fingerprint density at radius 3 is 2.61 bits per heavy atom. The third kappa shape index (κ3) is 6.18. The molecule has 1 aromatic heterocycles. The molecule has 2 amide bonds. The van der Waals surface area contributed by atoms with Crippen molar-refractivity contribution in [2.45, 2.75) is 26.5 Å². The minimum absolute atomic E-state index is 0.00205. The summed E-state index contributed by atoms with van der Waals surface area (Å²) in [4.78, 5) is 38.7. The van der Waals surface area contributed by atoms with E-state index >= 15 is 0 Å². The summed E-state index contributed by atoms with van der Waals surface area (Å²) in [6.45, 7) is 6.43. The van der Waals surface area contributed by atoms with Gasteiger partial charge in [-0.15, -0.1) is 6.58 Å². The zero-order chi connectivity index (χ0) is 27.1. The molecule has 9 heteroatoms. The Morgan fingerprint density at radius 2 is 1.89 bits per heavy atom. The molecule has 8 nitrogen and oxygen atoms in total. The van der Waals surface area contributed by atoms with Gasteiger partial charge in [-0.3, -0.25) is 14.5 Å². The maximum atomic E-state index is 13.1. The second-order valence-corrected chi connectivity index (χ2v) is 9.23. The number of allylic oxidation sites excluding steroid dienone is 1. The number of hydrogen-bond acceptors (Lipinski definition) is 8. The van der Waals surface area contributed by atoms with E-state index in [0.717, 1.165) is 27.8 Å². The molecule has 0 atom stereocenters. The van der Waals surface area contributed by atoms with Crippen LogP contribution in [0.2, 0.25) is 0 Å². The van der Waals surface area contributed by atoms with Crippen LogP contribution in [0.4, 0.5) is 4.79 Å². The van der Waals surface area contributed by atoms with Gasteiger partial charge >= 0.3 is 5.97 Å². The van der Waals surface area contributed by atoms with E-state index in [-0.39, 0.29) is 17.2 Å². The van der Waals surface area contributed by atoms with Gasteiger partial charge in [0.05, 0.1) is 25.2 Å². The third-order valence-electron chi connectivity index (χ3n) is 5.58. The number of hydrogen-bond donors (Lipinski definition) is 0. The van der Waals surface area contributed by atoms with Crippen molar-refractivity contribution in [3.8, 4) is 11.5 Å². The van der Waals surface area contributed by atoms with E-state index < -0.39 is 17.1 Å². The molecule has 2 heterocycles. The summed E-state index contributed by atoms with van der Waals surface area (Å²) in [6, 6.07) is 16.5. The lowest BCUT2D eigenvalue weighted by molar-refractivity contribution is -0.123. The fourth-order valence-electron chi connectivity index (χ4n) is 3.85. The number of nitrogens with zero attached hydrogens (tertiary/aromatic N) is 1. The second-order valence-electron chi connectivity index (χ2n) is 8.23. The van der Waals surface area contributed by atoms with Crippen molar-refractivity contribution in [2.75, 3.05) is 13.7 Å². The number of imide groups is 1. The number of methoxy groups -OCH3 is 1. The highest BCUT2D eigenvalue weighted by atomic mass is 32.2. The summed E-state index contributed by atoms with van der Waals surface area (Å²) in [5, 5.41) is -0.434. The van der Waals surface area contributed by atoms with Crippen molar-refractivity contribution in [1.29, 1.82) is 0 Å². The van der Waals surface area contributed by atoms with Crippen LogP contribution in [0.5, 0.6) is 11.5 Å². The first kappa shape index (κ1) is 26.8. The van der Waals surface area contributed by atoms with Crippen LogP contribution >= 0.6 is 11.8 Å². The molecule has 1 saturated heterocycles. The summed E-state index contributed by atoms with van der Waals surface area (Å²) in [7, 11) is 1.24. The molecule has 0 N–H and O–H groups in total. The highest BCUT2D eigenvalue weighted by Gasteiger charge is 2.36. The van der Waals surface area contributed by atoms with Gasteiger partial charge < -0.3 is 18.6 Å². The summed E-state index contributed by atoms with van der Waals surface area (Å²) >= 11 is 0.837. The first-order valence-corrected chi connectivity index (χ1v) is 12.7. The number of esters is 1. The van der Waals surface area contributed by atoms with E-state index in [0.29, 0.717) is 42.5 Å². The predicted octanol–water partition coefficient (Wildman–Crippen LogP) is 6.01. The van der Waals surface area contributed by atoms with Crippen LogP contribution in [0, 0.1) is 0 Å². The van der Waals surface area contributed by atoms with Gasteiger partial charge in [0.2, 0.25) is 5.76 Å². The summed E-state index contributed by atoms with van der Waals surface area (Å²) in [6.07, 6.45) is 3.95. The minimum Gasteiger partial charge on any atom is -0.490 e. The Balaban J connectivity index is 1.58. The van der Waals surface area contributed by atoms with Gasteiger partial charge in [-0.1, -0.05) is 36.4 Å². The Hall–Kier alpha value is -4.24. The van der Waals surface area contributed by atoms with Crippen molar-refractivity contribution in [3.63, 3.8) is 0 Å². The molecule has 0 bridgehead atoms. The number of furan rings is 1. The lowest BCUT2D eigenvalue weighted by Crippen LogP contribution is -2.27. The maximum absolute atomic E-state index is 13.1. The van der Waals surface area contributed by atoms with Gasteiger partial charge in [0.15, 0.2) is 11.5 Å². The number of benzene rings is 2. The zero-order valence-corrected chi connectivity index (χ0v) is 21.9. The molecule has 0 radical (unpaired) electrons. The van der Waals surface area contributed by atoms with Crippen molar-refractivity contribution >= 4 is 35.0 Å². The Bertz CT molecular complexity index is 1380. The maximum Gasteiger partial charge on any atom is 0.373 e. The first-order chi connectivity index (χ1) is 18.4. The minimum atomic E-state index is -0.637. The molecule has 1 aliphatic heterocycles. The molecule has 2 aromatic carbocycles. The van der Waals surface area contributed by atoms with Gasteiger partial charge in [0.1, 0.15) is 12.4 Å². The van der Waals surface area contributed by atoms with Crippen LogP contribution in [0.1, 0.15) is 39.9 Å². The molecule has 196 valence electrons. The second kappa shape index (κ2) is 12.3. The van der Waals surface area contributed by atoms with Crippen LogP contribution in [0.25, 0.3) is 6.08 Å². The summed E-state index contributed by atoms with van der Waals surface area (Å²) in [5.74, 6) is 0.350. The van der Waals surface area contributed by atoms with Crippen molar-refractivity contribution in [2.24, 2.45) is 0 Å². The average molecular weight is 534 g/mol. The topological polar surface area (TPSA) is 95.3 Å². The van der Waals surface area contributed by atoms with Crippen LogP contribution in [-0.4, -0.2) is 35.7 Å². The number of amides is 2. The van der Waals surface area contributed by atoms with Crippen molar-refractivity contribution in [1.82, 2.24) is 4.90 Å². The Labute approximate surface area is 224 Å². The molecular weight excluding hydrogens is 506 g/mol. The number of ether oxygens (including phenoxy) is 3. The molecule has 0 aliphatic carbocycles. The molecule has 1 fully saturated rings. The van der Waals surface area contributed by atoms with E-state index in [1.165, 1.54) is 19.2 Å². The molecule has 0 unspecified atom stereocenters. The van der Waals surface area contributed by atoms with E-state index in [1.54, 1.807) is 18.2 Å². The lowest BCUT2D eigenvalue weighted by atomic mass is 10.0. The van der Waals surface area contributed by atoms with E-state index in [4.69, 9.17) is 13.9 Å². The van der Waals surface area contributed by atoms with E-state index in [9.17, 15) is 14.4 Å². The molecular formula is C29H27NO7S. The molecule has 38 heavy (non-hydrogen) atoms. The monoisotopic (exact) mass is 533 g/mol. The fraction of sp³-hybridized carbons (Fsp3) is 0.207. The summed E-state index contributed by atoms with van der Waals surface area (Å²) in [5.41, 5.74) is 2.56. The first-order valence-electron chi connectivity index (χ1n) is 11.9. The highest BCUT2D eigenvalue weighted by Crippen LogP contribution is 2.38. The SMILES string of the molecule is C=CCc1cc(/C=C2/SC(=O)N(Cc3ccc(C(=O)OC)o3)C2=O)cc(OCC)c1OCc1ccccc1. The van der Waals surface area contributed by atoms with Gasteiger partial charge in [0.25, 0.3) is 11.1 Å². The standard InChI is InChI=1S/C29H27NO7S/c1-4-9-21-14-20(15-24(35-5-2)26(21)36-18-19-10-7-6-8-11-19)16-25-27(31)30(29(33)38-25)17-22-12-13-23(37-22)28(32)34-3/h4,6-8,10-16H,1,5,9,17-18H2,2-3H3/b25-16+. The van der Waals surface area contributed by atoms with E-state index in [1.807, 2.05) is 43.3 Å². The van der Waals surface area contributed by atoms with Gasteiger partial charge in [-0.2, -0.15) is 0 Å². The third-order valence-corrected chi connectivity index (χ3v) is 6.49. The molecule has 0 saturated carbocycles. The lowest BCUT2D eigenvalue weighted by Gasteiger charge is -2.17. The number of thioether (sulfide) groups is 1. The van der Waals surface area contributed by atoms with Gasteiger partial charge in [-0.05, 0) is 66.6 Å². The molecule has 0 spiro atoms. The van der Waals surface area contributed by atoms with Crippen LogP contribution in [0.3, 0.4) is 0 Å². The van der Waals surface area contributed by atoms with Gasteiger partial charge in [-0.25, -0.2) is 4.79 Å². The van der Waals surface area contributed by atoms with Crippen LogP contribution in [-0.2, 0) is 29.1 Å². The quantitative estimate of drug-likeness (QED) is 0.168. The number of rotatable bonds is 11. The summed E-state index contributed by atoms with van der Waals surface area (Å²) < 4.78 is 22.1. The molecule has 4 rings (SSSR count). The predicted molar refractivity (Wildman–Crippen MR) is 144 cm³/mol. The van der Waals surface area contributed by atoms with Gasteiger partial charge in [0, 0.05) is 5.56 Å². The Morgan fingerprint density at radius 1 is 1.11 bits per heavy atom. The number of carbonyl (C=O) groups excluding carboxylic acids is 3. The van der Waals surface area contributed by atoms with E-state index in [2.05, 4.69) is 11.3 Å². The highest BCUT2D eigenvalue weighted by molar-refractivity contribution is 8.18. The smallest absolute Gasteiger partial charge is 0.373 e.